The fraction of sp³-hybridized carbons (Fsp3) is 0.136. The lowest BCUT2D eigenvalue weighted by Crippen LogP contribution is -2.13. The van der Waals surface area contributed by atoms with E-state index in [-0.39, 0.29) is 5.91 Å². The van der Waals surface area contributed by atoms with Crippen LogP contribution >= 0.6 is 22.6 Å². The molecule has 0 heterocycles. The van der Waals surface area contributed by atoms with Gasteiger partial charge in [0.15, 0.2) is 11.5 Å². The van der Waals surface area contributed by atoms with Crippen molar-refractivity contribution in [3.8, 4) is 17.2 Å². The largest absolute Gasteiger partial charge is 0.497 e. The molecule has 0 atom stereocenters. The first-order chi connectivity index (χ1) is 13.6. The van der Waals surface area contributed by atoms with Gasteiger partial charge in [0.1, 0.15) is 12.4 Å². The zero-order chi connectivity index (χ0) is 19.9. The Hall–Kier alpha value is -2.74. The molecule has 0 unspecified atom stereocenters. The molecule has 0 fully saturated rings. The van der Waals surface area contributed by atoms with Crippen molar-refractivity contribution in [2.45, 2.75) is 6.61 Å². The molecule has 6 heteroatoms. The van der Waals surface area contributed by atoms with E-state index in [0.29, 0.717) is 29.4 Å². The van der Waals surface area contributed by atoms with Crippen molar-refractivity contribution in [2.24, 2.45) is 0 Å². The molecule has 3 aromatic rings. The van der Waals surface area contributed by atoms with Crippen molar-refractivity contribution in [1.29, 1.82) is 0 Å². The smallest absolute Gasteiger partial charge is 0.255 e. The summed E-state index contributed by atoms with van der Waals surface area (Å²) in [4.78, 5) is 12.7. The van der Waals surface area contributed by atoms with Gasteiger partial charge < -0.3 is 19.5 Å². The predicted octanol–water partition coefficient (Wildman–Crippen LogP) is 5.14. The van der Waals surface area contributed by atoms with Crippen LogP contribution in [-0.4, -0.2) is 20.1 Å². The highest BCUT2D eigenvalue weighted by atomic mass is 127. The van der Waals surface area contributed by atoms with Gasteiger partial charge in [0.25, 0.3) is 5.91 Å². The Morgan fingerprint density at radius 1 is 0.964 bits per heavy atom. The molecule has 3 aromatic carbocycles. The van der Waals surface area contributed by atoms with Gasteiger partial charge in [-0.1, -0.05) is 30.3 Å². The minimum Gasteiger partial charge on any atom is -0.497 e. The van der Waals surface area contributed by atoms with Crippen LogP contribution in [0.3, 0.4) is 0 Å². The summed E-state index contributed by atoms with van der Waals surface area (Å²) in [5.74, 6) is 1.64. The highest BCUT2D eigenvalue weighted by molar-refractivity contribution is 14.1. The van der Waals surface area contributed by atoms with Crippen LogP contribution in [0, 0.1) is 3.57 Å². The van der Waals surface area contributed by atoms with E-state index in [2.05, 4.69) is 27.9 Å². The van der Waals surface area contributed by atoms with Gasteiger partial charge in [-0.2, -0.15) is 0 Å². The summed E-state index contributed by atoms with van der Waals surface area (Å²) in [5.41, 5.74) is 2.21. The molecule has 3 rings (SSSR count). The quantitative estimate of drug-likeness (QED) is 0.467. The molecule has 0 bridgehead atoms. The van der Waals surface area contributed by atoms with Gasteiger partial charge in [-0.25, -0.2) is 0 Å². The molecule has 5 nitrogen and oxygen atoms in total. The number of carbonyl (C=O) groups excluding carboxylic acids is 1. The van der Waals surface area contributed by atoms with Gasteiger partial charge in [-0.15, -0.1) is 0 Å². The van der Waals surface area contributed by atoms with E-state index < -0.39 is 0 Å². The molecule has 0 aromatic heterocycles. The summed E-state index contributed by atoms with van der Waals surface area (Å²) >= 11 is 2.14. The Balaban J connectivity index is 1.80. The third kappa shape index (κ3) is 4.95. The Kier molecular flexibility index (Phi) is 6.76. The normalized spacial score (nSPS) is 10.2. The predicted molar refractivity (Wildman–Crippen MR) is 117 cm³/mol. The number of rotatable bonds is 7. The van der Waals surface area contributed by atoms with Gasteiger partial charge >= 0.3 is 0 Å². The summed E-state index contributed by atoms with van der Waals surface area (Å²) < 4.78 is 17.3. The fourth-order valence-corrected chi connectivity index (χ4v) is 3.44. The average molecular weight is 489 g/mol. The molecule has 0 radical (unpaired) electrons. The Morgan fingerprint density at radius 2 is 1.68 bits per heavy atom. The molecular formula is C22H20INO4. The van der Waals surface area contributed by atoms with Crippen LogP contribution in [0.4, 0.5) is 5.69 Å². The maximum Gasteiger partial charge on any atom is 0.255 e. The molecule has 0 aliphatic carbocycles. The third-order valence-corrected chi connectivity index (χ3v) is 4.86. The van der Waals surface area contributed by atoms with E-state index in [1.807, 2.05) is 30.3 Å². The molecule has 0 spiro atoms. The minimum absolute atomic E-state index is 0.227. The van der Waals surface area contributed by atoms with Crippen LogP contribution in [0.25, 0.3) is 0 Å². The number of benzene rings is 3. The minimum atomic E-state index is -0.227. The lowest BCUT2D eigenvalue weighted by atomic mass is 10.1. The van der Waals surface area contributed by atoms with Crippen molar-refractivity contribution >= 4 is 34.2 Å². The van der Waals surface area contributed by atoms with Gasteiger partial charge in [-0.05, 0) is 64.6 Å². The highest BCUT2D eigenvalue weighted by Crippen LogP contribution is 2.34. The first kappa shape index (κ1) is 20.0. The molecule has 144 valence electrons. The van der Waals surface area contributed by atoms with E-state index in [0.717, 1.165) is 14.9 Å². The second kappa shape index (κ2) is 9.45. The number of methoxy groups -OCH3 is 2. The molecule has 28 heavy (non-hydrogen) atoms. The van der Waals surface area contributed by atoms with Crippen molar-refractivity contribution < 1.29 is 19.0 Å². The molecular weight excluding hydrogens is 469 g/mol. The van der Waals surface area contributed by atoms with Crippen molar-refractivity contribution in [3.05, 3.63) is 81.4 Å². The SMILES string of the molecule is COc1ccc(NC(=O)c2cc(I)c(OC)c(OCc3ccccc3)c2)cc1. The van der Waals surface area contributed by atoms with Gasteiger partial charge in [0, 0.05) is 11.3 Å². The second-order valence-corrected chi connectivity index (χ2v) is 7.11. The van der Waals surface area contributed by atoms with Crippen molar-refractivity contribution in [1.82, 2.24) is 0 Å². The van der Waals surface area contributed by atoms with Gasteiger partial charge in [-0.3, -0.25) is 4.79 Å². The van der Waals surface area contributed by atoms with Crippen molar-refractivity contribution in [3.63, 3.8) is 0 Å². The number of hydrogen-bond acceptors (Lipinski definition) is 4. The van der Waals surface area contributed by atoms with Crippen LogP contribution in [0.15, 0.2) is 66.7 Å². The van der Waals surface area contributed by atoms with Crippen molar-refractivity contribution in [2.75, 3.05) is 19.5 Å². The maximum atomic E-state index is 12.7. The van der Waals surface area contributed by atoms with Gasteiger partial charge in [0.2, 0.25) is 0 Å². The van der Waals surface area contributed by atoms with E-state index >= 15 is 0 Å². The lowest BCUT2D eigenvalue weighted by Gasteiger charge is -2.14. The molecule has 1 N–H and O–H groups in total. The number of nitrogens with one attached hydrogen (secondary N) is 1. The molecule has 0 saturated carbocycles. The first-order valence-corrected chi connectivity index (χ1v) is 9.68. The summed E-state index contributed by atoms with van der Waals surface area (Å²) in [6, 6.07) is 20.5. The standard InChI is InChI=1S/C22H20INO4/c1-26-18-10-8-17(9-11-18)24-22(25)16-12-19(23)21(27-2)20(13-16)28-14-15-6-4-3-5-7-15/h3-13H,14H2,1-2H3,(H,24,25). The van der Waals surface area contributed by atoms with Crippen LogP contribution in [0.1, 0.15) is 15.9 Å². The zero-order valence-corrected chi connectivity index (χ0v) is 17.7. The van der Waals surface area contributed by atoms with Crippen LogP contribution in [0.2, 0.25) is 0 Å². The zero-order valence-electron chi connectivity index (χ0n) is 15.6. The van der Waals surface area contributed by atoms with Crippen LogP contribution in [0.5, 0.6) is 17.2 Å². The first-order valence-electron chi connectivity index (χ1n) is 8.60. The van der Waals surface area contributed by atoms with Crippen LogP contribution in [-0.2, 0) is 6.61 Å². The van der Waals surface area contributed by atoms with Gasteiger partial charge in [0.05, 0.1) is 17.8 Å². The average Bonchev–Trinajstić information content (AvgIpc) is 2.73. The Bertz CT molecular complexity index is 943. The number of hydrogen-bond donors (Lipinski definition) is 1. The maximum absolute atomic E-state index is 12.7. The van der Waals surface area contributed by atoms with E-state index in [9.17, 15) is 4.79 Å². The molecule has 0 saturated heterocycles. The summed E-state index contributed by atoms with van der Waals surface area (Å²) in [5, 5.41) is 2.88. The number of halogens is 1. The van der Waals surface area contributed by atoms with Crippen LogP contribution < -0.4 is 19.5 Å². The lowest BCUT2D eigenvalue weighted by molar-refractivity contribution is 0.102. The Morgan fingerprint density at radius 3 is 2.32 bits per heavy atom. The molecule has 0 aliphatic rings. The van der Waals surface area contributed by atoms with E-state index in [1.54, 1.807) is 50.6 Å². The number of anilines is 1. The molecule has 1 amide bonds. The third-order valence-electron chi connectivity index (χ3n) is 4.06. The summed E-state index contributed by atoms with van der Waals surface area (Å²) in [6.45, 7) is 0.386. The number of carbonyl (C=O) groups is 1. The highest BCUT2D eigenvalue weighted by Gasteiger charge is 2.16. The topological polar surface area (TPSA) is 56.8 Å². The van der Waals surface area contributed by atoms with E-state index in [4.69, 9.17) is 14.2 Å². The summed E-state index contributed by atoms with van der Waals surface area (Å²) in [6.07, 6.45) is 0. The summed E-state index contributed by atoms with van der Waals surface area (Å²) in [7, 11) is 3.19. The number of ether oxygens (including phenoxy) is 3. The second-order valence-electron chi connectivity index (χ2n) is 5.95. The molecule has 0 aliphatic heterocycles. The fourth-order valence-electron chi connectivity index (χ4n) is 2.62. The monoisotopic (exact) mass is 489 g/mol. The number of amides is 1. The Labute approximate surface area is 177 Å². The van der Waals surface area contributed by atoms with E-state index in [1.165, 1.54) is 0 Å².